The number of amides is 1. The molecule has 2 aromatic heterocycles. The van der Waals surface area contributed by atoms with Gasteiger partial charge in [-0.25, -0.2) is 4.98 Å². The first-order valence-corrected chi connectivity index (χ1v) is 9.16. The number of methoxy groups -OCH3 is 1. The molecule has 0 unspecified atom stereocenters. The number of aromatic nitrogens is 4. The van der Waals surface area contributed by atoms with E-state index >= 15 is 0 Å². The van der Waals surface area contributed by atoms with E-state index in [-0.39, 0.29) is 5.91 Å². The monoisotopic (exact) mass is 369 g/mol. The molecule has 0 saturated heterocycles. The van der Waals surface area contributed by atoms with E-state index in [4.69, 9.17) is 4.74 Å². The van der Waals surface area contributed by atoms with Crippen LogP contribution in [-0.4, -0.2) is 51.3 Å². The summed E-state index contributed by atoms with van der Waals surface area (Å²) >= 11 is 0. The zero-order valence-corrected chi connectivity index (χ0v) is 16.7. The molecule has 1 aromatic carbocycles. The van der Waals surface area contributed by atoms with E-state index in [0.29, 0.717) is 25.9 Å². The highest BCUT2D eigenvalue weighted by atomic mass is 16.5. The zero-order valence-electron chi connectivity index (χ0n) is 16.7. The molecule has 0 aliphatic heterocycles. The number of aryl methyl sites for hydroxylation is 2. The lowest BCUT2D eigenvalue weighted by Crippen LogP contribution is -2.30. The molecule has 0 bridgehead atoms. The Balaban J connectivity index is 1.54. The highest BCUT2D eigenvalue weighted by Crippen LogP contribution is 2.19. The van der Waals surface area contributed by atoms with Gasteiger partial charge in [0.15, 0.2) is 0 Å². The second-order valence-corrected chi connectivity index (χ2v) is 6.90. The van der Waals surface area contributed by atoms with Crippen LogP contribution in [-0.2, 0) is 17.8 Å². The van der Waals surface area contributed by atoms with E-state index in [0.717, 1.165) is 34.0 Å². The number of hydrogen-bond donors (Lipinski definition) is 1. The van der Waals surface area contributed by atoms with Gasteiger partial charge in [0.05, 0.1) is 23.8 Å². The summed E-state index contributed by atoms with van der Waals surface area (Å²) < 4.78 is 7.15. The fourth-order valence-electron chi connectivity index (χ4n) is 3.08. The molecular weight excluding hydrogens is 342 g/mol. The first-order chi connectivity index (χ1) is 12.9. The number of H-pyrrole nitrogens is 1. The van der Waals surface area contributed by atoms with Gasteiger partial charge in [-0.2, -0.15) is 5.10 Å². The molecule has 7 heteroatoms. The van der Waals surface area contributed by atoms with Gasteiger partial charge in [0.2, 0.25) is 5.91 Å². The Morgan fingerprint density at radius 1 is 1.30 bits per heavy atom. The number of carbonyl (C=O) groups excluding carboxylic acids is 1. The fourth-order valence-corrected chi connectivity index (χ4v) is 3.08. The van der Waals surface area contributed by atoms with Crippen molar-refractivity contribution in [1.82, 2.24) is 24.6 Å². The van der Waals surface area contributed by atoms with Crippen LogP contribution in [0.2, 0.25) is 0 Å². The first kappa shape index (κ1) is 18.9. The molecule has 0 aliphatic carbocycles. The molecule has 0 spiro atoms. The lowest BCUT2D eigenvalue weighted by Gasteiger charge is -2.16. The van der Waals surface area contributed by atoms with E-state index in [9.17, 15) is 4.79 Å². The third kappa shape index (κ3) is 4.13. The van der Waals surface area contributed by atoms with Crippen LogP contribution in [0.5, 0.6) is 5.75 Å². The molecule has 0 fully saturated rings. The lowest BCUT2D eigenvalue weighted by molar-refractivity contribution is -0.130. The maximum atomic E-state index is 12.4. The van der Waals surface area contributed by atoms with Crippen molar-refractivity contribution in [3.05, 3.63) is 41.0 Å². The van der Waals surface area contributed by atoms with Crippen LogP contribution in [0.3, 0.4) is 0 Å². The van der Waals surface area contributed by atoms with Crippen molar-refractivity contribution in [2.45, 2.75) is 40.2 Å². The van der Waals surface area contributed by atoms with Gasteiger partial charge < -0.3 is 14.6 Å². The number of nitrogens with one attached hydrogen (secondary N) is 1. The number of nitrogens with zero attached hydrogens (tertiary/aromatic N) is 4. The molecule has 1 amide bonds. The Bertz CT molecular complexity index is 957. The zero-order chi connectivity index (χ0) is 19.6. The predicted octanol–water partition coefficient (Wildman–Crippen LogP) is 2.78. The number of rotatable bonds is 7. The third-order valence-corrected chi connectivity index (χ3v) is 5.13. The van der Waals surface area contributed by atoms with Gasteiger partial charge >= 0.3 is 0 Å². The van der Waals surface area contributed by atoms with Gasteiger partial charge in [-0.15, -0.1) is 0 Å². The summed E-state index contributed by atoms with van der Waals surface area (Å²) in [5.41, 5.74) is 5.19. The minimum Gasteiger partial charge on any atom is -0.497 e. The minimum absolute atomic E-state index is 0.109. The van der Waals surface area contributed by atoms with Gasteiger partial charge in [0.1, 0.15) is 11.6 Å². The molecule has 144 valence electrons. The van der Waals surface area contributed by atoms with Crippen molar-refractivity contribution in [2.75, 3.05) is 20.7 Å². The summed E-state index contributed by atoms with van der Waals surface area (Å²) in [6.07, 6.45) is 1.12. The Kier molecular flexibility index (Phi) is 5.48. The van der Waals surface area contributed by atoms with Crippen LogP contribution in [0.1, 0.15) is 29.2 Å². The molecule has 27 heavy (non-hydrogen) atoms. The Hall–Kier alpha value is -2.83. The summed E-state index contributed by atoms with van der Waals surface area (Å²) in [6.45, 7) is 7.32. The molecule has 3 aromatic rings. The normalized spacial score (nSPS) is 11.1. The number of fused-ring (bicyclic) bond motifs is 1. The number of hydrogen-bond acceptors (Lipinski definition) is 4. The van der Waals surface area contributed by atoms with E-state index in [1.165, 1.54) is 5.56 Å². The Labute approximate surface area is 159 Å². The second-order valence-electron chi connectivity index (χ2n) is 6.90. The molecule has 7 nitrogen and oxygen atoms in total. The lowest BCUT2D eigenvalue weighted by atomic mass is 10.2. The van der Waals surface area contributed by atoms with Crippen LogP contribution in [0.15, 0.2) is 18.2 Å². The van der Waals surface area contributed by atoms with Crippen molar-refractivity contribution in [3.8, 4) is 5.75 Å². The summed E-state index contributed by atoms with van der Waals surface area (Å²) in [7, 11) is 3.48. The molecule has 0 aliphatic rings. The number of benzene rings is 1. The molecule has 0 atom stereocenters. The van der Waals surface area contributed by atoms with E-state index < -0.39 is 0 Å². The standard InChI is InChI=1S/C20H27N5O2/c1-13-14(2)23-25(15(13)3)11-9-20(26)24(4)10-8-19-21-17-7-6-16(27-5)12-18(17)22-19/h6-7,12H,8-11H2,1-5H3,(H,21,22). The maximum absolute atomic E-state index is 12.4. The van der Waals surface area contributed by atoms with Crippen molar-refractivity contribution in [3.63, 3.8) is 0 Å². The molecule has 1 N–H and O–H groups in total. The van der Waals surface area contributed by atoms with Crippen LogP contribution >= 0.6 is 0 Å². The Morgan fingerprint density at radius 3 is 2.74 bits per heavy atom. The van der Waals surface area contributed by atoms with Crippen LogP contribution in [0, 0.1) is 20.8 Å². The highest BCUT2D eigenvalue weighted by Gasteiger charge is 2.13. The van der Waals surface area contributed by atoms with Crippen molar-refractivity contribution in [1.29, 1.82) is 0 Å². The average Bonchev–Trinajstić information content (AvgIpc) is 3.19. The molecule has 0 saturated carbocycles. The quantitative estimate of drug-likeness (QED) is 0.695. The molecule has 2 heterocycles. The van der Waals surface area contributed by atoms with E-state index in [1.54, 1.807) is 12.0 Å². The average molecular weight is 369 g/mol. The first-order valence-electron chi connectivity index (χ1n) is 9.16. The van der Waals surface area contributed by atoms with Gasteiger partial charge in [0.25, 0.3) is 0 Å². The topological polar surface area (TPSA) is 76.0 Å². The van der Waals surface area contributed by atoms with Crippen LogP contribution in [0.25, 0.3) is 11.0 Å². The van der Waals surface area contributed by atoms with Gasteiger partial charge in [-0.1, -0.05) is 0 Å². The van der Waals surface area contributed by atoms with Crippen molar-refractivity contribution in [2.24, 2.45) is 0 Å². The predicted molar refractivity (Wildman–Crippen MR) is 105 cm³/mol. The van der Waals surface area contributed by atoms with E-state index in [1.807, 2.05) is 43.8 Å². The highest BCUT2D eigenvalue weighted by molar-refractivity contribution is 5.77. The van der Waals surface area contributed by atoms with Crippen molar-refractivity contribution < 1.29 is 9.53 Å². The smallest absolute Gasteiger partial charge is 0.224 e. The van der Waals surface area contributed by atoms with Gasteiger partial charge in [-0.3, -0.25) is 9.48 Å². The third-order valence-electron chi connectivity index (χ3n) is 5.13. The maximum Gasteiger partial charge on any atom is 0.224 e. The van der Waals surface area contributed by atoms with Crippen LogP contribution in [0.4, 0.5) is 0 Å². The second kappa shape index (κ2) is 7.82. The molecule has 3 rings (SSSR count). The van der Waals surface area contributed by atoms with Crippen molar-refractivity contribution >= 4 is 16.9 Å². The number of likely N-dealkylation sites (N-methyl/N-ethyl adjacent to an activating group) is 1. The number of ether oxygens (including phenoxy) is 1. The SMILES string of the molecule is COc1ccc2nc(CCN(C)C(=O)CCn3nc(C)c(C)c3C)[nH]c2c1. The fraction of sp³-hybridized carbons (Fsp3) is 0.450. The largest absolute Gasteiger partial charge is 0.497 e. The van der Waals surface area contributed by atoms with Crippen LogP contribution < -0.4 is 4.74 Å². The summed E-state index contributed by atoms with van der Waals surface area (Å²) in [6, 6.07) is 5.75. The summed E-state index contributed by atoms with van der Waals surface area (Å²) in [5, 5.41) is 4.49. The molecule has 0 radical (unpaired) electrons. The molecular formula is C20H27N5O2. The summed E-state index contributed by atoms with van der Waals surface area (Å²) in [5.74, 6) is 1.77. The van der Waals surface area contributed by atoms with E-state index in [2.05, 4.69) is 22.0 Å². The number of imidazole rings is 1. The minimum atomic E-state index is 0.109. The number of carbonyl (C=O) groups is 1. The Morgan fingerprint density at radius 2 is 2.07 bits per heavy atom. The van der Waals surface area contributed by atoms with Gasteiger partial charge in [0, 0.05) is 44.7 Å². The van der Waals surface area contributed by atoms with Gasteiger partial charge in [-0.05, 0) is 38.5 Å². The summed E-state index contributed by atoms with van der Waals surface area (Å²) in [4.78, 5) is 22.1. The number of aromatic amines is 1.